The van der Waals surface area contributed by atoms with Gasteiger partial charge >= 0.3 is 11.8 Å². The molecule has 0 aliphatic rings. The second-order valence-corrected chi connectivity index (χ2v) is 3.64. The SMILES string of the molecule is O=C(OCn1cc(F)c(=O)[nH]c1=O)Oc1ccccc1. The molecule has 104 valence electrons. The minimum atomic E-state index is -1.16. The van der Waals surface area contributed by atoms with E-state index in [2.05, 4.69) is 4.74 Å². The zero-order chi connectivity index (χ0) is 14.5. The number of carbonyl (C=O) groups excluding carboxylic acids is 1. The smallest absolute Gasteiger partial charge is 0.412 e. The summed E-state index contributed by atoms with van der Waals surface area (Å²) in [6, 6.07) is 8.12. The summed E-state index contributed by atoms with van der Waals surface area (Å²) in [4.78, 5) is 35.1. The van der Waals surface area contributed by atoms with Crippen molar-refractivity contribution in [2.24, 2.45) is 0 Å². The molecule has 2 rings (SSSR count). The fourth-order valence-corrected chi connectivity index (χ4v) is 1.32. The molecule has 0 radical (unpaired) electrons. The van der Waals surface area contributed by atoms with Gasteiger partial charge in [0, 0.05) is 0 Å². The molecule has 0 saturated carbocycles. The van der Waals surface area contributed by atoms with Crippen LogP contribution in [0.25, 0.3) is 0 Å². The van der Waals surface area contributed by atoms with Gasteiger partial charge in [-0.05, 0) is 12.1 Å². The van der Waals surface area contributed by atoms with Crippen molar-refractivity contribution in [3.8, 4) is 5.75 Å². The summed E-state index contributed by atoms with van der Waals surface area (Å²) in [7, 11) is 0. The summed E-state index contributed by atoms with van der Waals surface area (Å²) in [5.41, 5.74) is -2.04. The Bertz CT molecular complexity index is 723. The third kappa shape index (κ3) is 3.31. The number of nitrogens with zero attached hydrogens (tertiary/aromatic N) is 1. The second-order valence-electron chi connectivity index (χ2n) is 3.64. The minimum Gasteiger partial charge on any atom is -0.412 e. The summed E-state index contributed by atoms with van der Waals surface area (Å²) >= 11 is 0. The first-order valence-corrected chi connectivity index (χ1v) is 5.45. The van der Waals surface area contributed by atoms with Crippen LogP contribution in [-0.2, 0) is 11.5 Å². The zero-order valence-electron chi connectivity index (χ0n) is 10.0. The highest BCUT2D eigenvalue weighted by Crippen LogP contribution is 2.09. The Labute approximate surface area is 111 Å². The number of H-pyrrole nitrogens is 1. The van der Waals surface area contributed by atoms with Crippen LogP contribution >= 0.6 is 0 Å². The highest BCUT2D eigenvalue weighted by molar-refractivity contribution is 5.63. The van der Waals surface area contributed by atoms with E-state index >= 15 is 0 Å². The van der Waals surface area contributed by atoms with Crippen molar-refractivity contribution in [2.75, 3.05) is 0 Å². The molecule has 0 amide bonds. The van der Waals surface area contributed by atoms with Gasteiger partial charge in [0.05, 0.1) is 6.20 Å². The summed E-state index contributed by atoms with van der Waals surface area (Å²) in [6.45, 7) is -0.585. The van der Waals surface area contributed by atoms with Gasteiger partial charge in [-0.3, -0.25) is 14.3 Å². The number of carbonyl (C=O) groups is 1. The lowest BCUT2D eigenvalue weighted by atomic mass is 10.3. The molecule has 0 spiro atoms. The molecule has 0 aliphatic carbocycles. The van der Waals surface area contributed by atoms with Gasteiger partial charge in [0.1, 0.15) is 5.75 Å². The number of para-hydroxylation sites is 1. The van der Waals surface area contributed by atoms with Crippen LogP contribution in [-0.4, -0.2) is 15.7 Å². The van der Waals surface area contributed by atoms with Gasteiger partial charge in [0.15, 0.2) is 6.73 Å². The van der Waals surface area contributed by atoms with Crippen LogP contribution < -0.4 is 16.0 Å². The van der Waals surface area contributed by atoms with E-state index in [0.29, 0.717) is 10.8 Å². The van der Waals surface area contributed by atoms with Crippen molar-refractivity contribution in [3.63, 3.8) is 0 Å². The van der Waals surface area contributed by atoms with E-state index in [-0.39, 0.29) is 5.75 Å². The monoisotopic (exact) mass is 280 g/mol. The molecular formula is C12H9FN2O5. The third-order valence-electron chi connectivity index (χ3n) is 2.23. The summed E-state index contributed by atoms with van der Waals surface area (Å²) in [5.74, 6) is -0.901. The predicted molar refractivity (Wildman–Crippen MR) is 64.8 cm³/mol. The van der Waals surface area contributed by atoms with Gasteiger partial charge in [-0.25, -0.2) is 9.59 Å². The van der Waals surface area contributed by atoms with Crippen LogP contribution in [0.5, 0.6) is 5.75 Å². The van der Waals surface area contributed by atoms with E-state index in [0.717, 1.165) is 0 Å². The van der Waals surface area contributed by atoms with Gasteiger partial charge < -0.3 is 9.47 Å². The van der Waals surface area contributed by atoms with Crippen molar-refractivity contribution in [1.82, 2.24) is 9.55 Å². The van der Waals surface area contributed by atoms with E-state index in [1.54, 1.807) is 23.2 Å². The first-order valence-electron chi connectivity index (χ1n) is 5.45. The Morgan fingerprint density at radius 2 is 1.95 bits per heavy atom. The number of halogens is 1. The molecule has 2 aromatic rings. The average molecular weight is 280 g/mol. The van der Waals surface area contributed by atoms with Crippen molar-refractivity contribution in [2.45, 2.75) is 6.73 Å². The summed E-state index contributed by atoms with van der Waals surface area (Å²) in [6.07, 6.45) is -0.425. The van der Waals surface area contributed by atoms with Gasteiger partial charge in [0.2, 0.25) is 5.82 Å². The topological polar surface area (TPSA) is 90.4 Å². The first-order chi connectivity index (χ1) is 9.56. The summed E-state index contributed by atoms with van der Waals surface area (Å²) in [5, 5.41) is 0. The number of benzene rings is 1. The molecule has 0 aliphatic heterocycles. The Hall–Kier alpha value is -2.90. The van der Waals surface area contributed by atoms with Gasteiger partial charge in [-0.1, -0.05) is 18.2 Å². The van der Waals surface area contributed by atoms with E-state index in [1.165, 1.54) is 12.1 Å². The Balaban J connectivity index is 1.99. The molecule has 7 nitrogen and oxygen atoms in total. The van der Waals surface area contributed by atoms with Gasteiger partial charge in [-0.15, -0.1) is 0 Å². The number of hydrogen-bond acceptors (Lipinski definition) is 5. The Morgan fingerprint density at radius 3 is 2.65 bits per heavy atom. The van der Waals surface area contributed by atoms with Crippen molar-refractivity contribution < 1.29 is 18.7 Å². The molecule has 8 heteroatoms. The van der Waals surface area contributed by atoms with Crippen LogP contribution in [0.4, 0.5) is 9.18 Å². The molecule has 1 aromatic carbocycles. The number of aromatic nitrogens is 2. The highest BCUT2D eigenvalue weighted by Gasteiger charge is 2.08. The molecular weight excluding hydrogens is 271 g/mol. The highest BCUT2D eigenvalue weighted by atomic mass is 19.1. The van der Waals surface area contributed by atoms with E-state index < -0.39 is 30.0 Å². The lowest BCUT2D eigenvalue weighted by molar-refractivity contribution is 0.0694. The van der Waals surface area contributed by atoms with Gasteiger partial charge in [0.25, 0.3) is 5.56 Å². The van der Waals surface area contributed by atoms with Crippen LogP contribution in [0.2, 0.25) is 0 Å². The minimum absolute atomic E-state index is 0.262. The molecule has 0 fully saturated rings. The van der Waals surface area contributed by atoms with E-state index in [1.807, 2.05) is 0 Å². The van der Waals surface area contributed by atoms with Crippen molar-refractivity contribution in [1.29, 1.82) is 0 Å². The molecule has 0 bridgehead atoms. The molecule has 0 unspecified atom stereocenters. The number of aromatic amines is 1. The fourth-order valence-electron chi connectivity index (χ4n) is 1.32. The maximum Gasteiger partial charge on any atom is 0.515 e. The van der Waals surface area contributed by atoms with Crippen LogP contribution in [0.3, 0.4) is 0 Å². The van der Waals surface area contributed by atoms with Crippen molar-refractivity contribution in [3.05, 3.63) is 63.2 Å². The fraction of sp³-hybridized carbons (Fsp3) is 0.0833. The van der Waals surface area contributed by atoms with Crippen LogP contribution in [0.15, 0.2) is 46.1 Å². The zero-order valence-corrected chi connectivity index (χ0v) is 10.0. The standard InChI is InChI=1S/C12H9FN2O5/c13-9-6-15(11(17)14-10(9)16)7-19-12(18)20-8-4-2-1-3-5-8/h1-6H,7H2,(H,14,16,17). The molecule has 1 aromatic heterocycles. The normalized spacial score (nSPS) is 10.1. The number of nitrogens with one attached hydrogen (secondary N) is 1. The molecule has 0 atom stereocenters. The predicted octanol–water partition coefficient (Wildman–Crippen LogP) is 0.849. The van der Waals surface area contributed by atoms with Crippen LogP contribution in [0.1, 0.15) is 0 Å². The third-order valence-corrected chi connectivity index (χ3v) is 2.23. The number of ether oxygens (including phenoxy) is 2. The maximum atomic E-state index is 13.0. The molecule has 1 heterocycles. The van der Waals surface area contributed by atoms with Crippen LogP contribution in [0, 0.1) is 5.82 Å². The number of hydrogen-bond donors (Lipinski definition) is 1. The lowest BCUT2D eigenvalue weighted by Crippen LogP contribution is -2.32. The average Bonchev–Trinajstić information content (AvgIpc) is 2.42. The Morgan fingerprint density at radius 1 is 1.25 bits per heavy atom. The maximum absolute atomic E-state index is 13.0. The first kappa shape index (κ1) is 13.5. The molecule has 0 saturated heterocycles. The van der Waals surface area contributed by atoms with Crippen molar-refractivity contribution >= 4 is 6.16 Å². The Kier molecular flexibility index (Phi) is 3.94. The second kappa shape index (κ2) is 5.83. The van der Waals surface area contributed by atoms with Gasteiger partial charge in [-0.2, -0.15) is 4.39 Å². The molecule has 20 heavy (non-hydrogen) atoms. The summed E-state index contributed by atoms with van der Waals surface area (Å²) < 4.78 is 23.0. The lowest BCUT2D eigenvalue weighted by Gasteiger charge is -2.07. The quantitative estimate of drug-likeness (QED) is 0.665. The largest absolute Gasteiger partial charge is 0.515 e. The molecule has 1 N–H and O–H groups in total. The number of rotatable bonds is 3. The van der Waals surface area contributed by atoms with E-state index in [4.69, 9.17) is 4.74 Å². The van der Waals surface area contributed by atoms with E-state index in [9.17, 15) is 18.8 Å².